The Morgan fingerprint density at radius 3 is 2.68 bits per heavy atom. The van der Waals surface area contributed by atoms with Crippen molar-refractivity contribution in [3.05, 3.63) is 65.5 Å². The van der Waals surface area contributed by atoms with Gasteiger partial charge in [-0.15, -0.1) is 0 Å². The third-order valence-corrected chi connectivity index (χ3v) is 4.14. The molecule has 0 aliphatic carbocycles. The summed E-state index contributed by atoms with van der Waals surface area (Å²) in [7, 11) is 4.13. The first-order valence-electron chi connectivity index (χ1n) is 7.85. The van der Waals surface area contributed by atoms with E-state index in [2.05, 4.69) is 65.7 Å². The number of aromatic nitrogens is 1. The normalized spacial score (nSPS) is 20.1. The average Bonchev–Trinajstić information content (AvgIpc) is 2.57. The molecule has 1 aromatic heterocycles. The first-order valence-corrected chi connectivity index (χ1v) is 7.85. The third-order valence-electron chi connectivity index (χ3n) is 4.14. The van der Waals surface area contributed by atoms with Gasteiger partial charge in [0.1, 0.15) is 0 Å². The first-order chi connectivity index (χ1) is 10.7. The predicted octanol–water partition coefficient (Wildman–Crippen LogP) is 3.66. The topological polar surface area (TPSA) is 28.2 Å². The summed E-state index contributed by atoms with van der Waals surface area (Å²) in [5.74, 6) is 0. The van der Waals surface area contributed by atoms with E-state index in [1.54, 1.807) is 0 Å². The molecule has 1 saturated heterocycles. The Hall–Kier alpha value is -2.13. The fourth-order valence-electron chi connectivity index (χ4n) is 2.93. The highest BCUT2D eigenvalue weighted by Crippen LogP contribution is 2.30. The number of hydrogen-bond acceptors (Lipinski definition) is 3. The lowest BCUT2D eigenvalue weighted by atomic mass is 9.91. The van der Waals surface area contributed by atoms with Crippen LogP contribution in [0.4, 0.5) is 5.69 Å². The molecule has 3 rings (SSSR count). The van der Waals surface area contributed by atoms with Crippen LogP contribution in [0, 0.1) is 0 Å². The summed E-state index contributed by atoms with van der Waals surface area (Å²) in [6, 6.07) is 13.2. The molecular formula is C19H23N3. The van der Waals surface area contributed by atoms with Crippen molar-refractivity contribution in [1.82, 2.24) is 10.3 Å². The Labute approximate surface area is 132 Å². The SMILES string of the molecule is CN(C)c1ccc(C=C2CCCNC2c2cccnc2)cc1. The van der Waals surface area contributed by atoms with E-state index in [1.807, 2.05) is 18.5 Å². The Kier molecular flexibility index (Phi) is 4.54. The zero-order valence-corrected chi connectivity index (χ0v) is 13.3. The summed E-state index contributed by atoms with van der Waals surface area (Å²) in [4.78, 5) is 6.38. The molecule has 0 bridgehead atoms. The average molecular weight is 293 g/mol. The standard InChI is InChI=1S/C19H23N3/c1-22(2)18-9-7-15(8-10-18)13-16-5-4-12-21-19(16)17-6-3-11-20-14-17/h3,6-11,13-14,19,21H,4-5,12H2,1-2H3. The van der Waals surface area contributed by atoms with Crippen LogP contribution < -0.4 is 10.2 Å². The second-order valence-electron chi connectivity index (χ2n) is 5.98. The highest BCUT2D eigenvalue weighted by Gasteiger charge is 2.19. The van der Waals surface area contributed by atoms with Gasteiger partial charge in [0.05, 0.1) is 6.04 Å². The summed E-state index contributed by atoms with van der Waals surface area (Å²) in [6.45, 7) is 1.07. The van der Waals surface area contributed by atoms with Crippen molar-refractivity contribution in [1.29, 1.82) is 0 Å². The van der Waals surface area contributed by atoms with Crippen LogP contribution in [0.25, 0.3) is 6.08 Å². The molecule has 1 fully saturated rings. The second-order valence-corrected chi connectivity index (χ2v) is 5.98. The summed E-state index contributed by atoms with van der Waals surface area (Å²) in [5, 5.41) is 3.62. The molecule has 3 nitrogen and oxygen atoms in total. The van der Waals surface area contributed by atoms with Crippen LogP contribution in [0.15, 0.2) is 54.4 Å². The van der Waals surface area contributed by atoms with Crippen molar-refractivity contribution >= 4 is 11.8 Å². The zero-order chi connectivity index (χ0) is 15.4. The molecular weight excluding hydrogens is 270 g/mol. The zero-order valence-electron chi connectivity index (χ0n) is 13.3. The largest absolute Gasteiger partial charge is 0.378 e. The van der Waals surface area contributed by atoms with E-state index in [1.165, 1.54) is 28.8 Å². The highest BCUT2D eigenvalue weighted by atomic mass is 15.1. The van der Waals surface area contributed by atoms with Gasteiger partial charge in [-0.25, -0.2) is 0 Å². The maximum Gasteiger partial charge on any atom is 0.0554 e. The maximum absolute atomic E-state index is 4.26. The van der Waals surface area contributed by atoms with Crippen molar-refractivity contribution < 1.29 is 0 Å². The number of anilines is 1. The molecule has 2 aromatic rings. The fourth-order valence-corrected chi connectivity index (χ4v) is 2.93. The molecule has 2 heterocycles. The molecule has 1 aliphatic heterocycles. The van der Waals surface area contributed by atoms with Crippen LogP contribution in [-0.4, -0.2) is 25.6 Å². The molecule has 3 heteroatoms. The van der Waals surface area contributed by atoms with Crippen LogP contribution >= 0.6 is 0 Å². The quantitative estimate of drug-likeness (QED) is 0.936. The van der Waals surface area contributed by atoms with E-state index in [-0.39, 0.29) is 6.04 Å². The number of nitrogens with one attached hydrogen (secondary N) is 1. The highest BCUT2D eigenvalue weighted by molar-refractivity contribution is 5.59. The minimum atomic E-state index is 0.288. The Morgan fingerprint density at radius 2 is 2.00 bits per heavy atom. The van der Waals surface area contributed by atoms with Gasteiger partial charge in [-0.1, -0.05) is 24.3 Å². The number of pyridine rings is 1. The molecule has 114 valence electrons. The van der Waals surface area contributed by atoms with Gasteiger partial charge in [0, 0.05) is 32.2 Å². The molecule has 0 radical (unpaired) electrons. The van der Waals surface area contributed by atoms with Crippen LogP contribution in [0.1, 0.15) is 30.0 Å². The van der Waals surface area contributed by atoms with E-state index in [0.717, 1.165) is 13.0 Å². The Morgan fingerprint density at radius 1 is 1.18 bits per heavy atom. The van der Waals surface area contributed by atoms with Crippen LogP contribution in [0.5, 0.6) is 0 Å². The summed E-state index contributed by atoms with van der Waals surface area (Å²) >= 11 is 0. The summed E-state index contributed by atoms with van der Waals surface area (Å²) < 4.78 is 0. The minimum absolute atomic E-state index is 0.288. The Bertz CT molecular complexity index is 629. The number of benzene rings is 1. The molecule has 22 heavy (non-hydrogen) atoms. The summed E-state index contributed by atoms with van der Waals surface area (Å²) in [6.07, 6.45) is 8.45. The van der Waals surface area contributed by atoms with E-state index in [4.69, 9.17) is 0 Å². The van der Waals surface area contributed by atoms with E-state index in [9.17, 15) is 0 Å². The molecule has 0 saturated carbocycles. The smallest absolute Gasteiger partial charge is 0.0554 e. The van der Waals surface area contributed by atoms with E-state index < -0.39 is 0 Å². The lowest BCUT2D eigenvalue weighted by Gasteiger charge is -2.27. The fraction of sp³-hybridized carbons (Fsp3) is 0.316. The van der Waals surface area contributed by atoms with E-state index in [0.29, 0.717) is 0 Å². The minimum Gasteiger partial charge on any atom is -0.378 e. The molecule has 1 aromatic carbocycles. The lowest BCUT2D eigenvalue weighted by Crippen LogP contribution is -2.28. The summed E-state index contributed by atoms with van der Waals surface area (Å²) in [5.41, 5.74) is 5.18. The number of piperidine rings is 1. The van der Waals surface area contributed by atoms with Gasteiger partial charge in [-0.05, 0) is 54.3 Å². The van der Waals surface area contributed by atoms with Crippen molar-refractivity contribution in [2.24, 2.45) is 0 Å². The van der Waals surface area contributed by atoms with Crippen molar-refractivity contribution in [2.75, 3.05) is 25.5 Å². The van der Waals surface area contributed by atoms with Gasteiger partial charge in [-0.2, -0.15) is 0 Å². The molecule has 1 atom stereocenters. The molecule has 0 amide bonds. The van der Waals surface area contributed by atoms with Crippen molar-refractivity contribution in [2.45, 2.75) is 18.9 Å². The molecule has 1 aliphatic rings. The van der Waals surface area contributed by atoms with Gasteiger partial charge >= 0.3 is 0 Å². The van der Waals surface area contributed by atoms with Gasteiger partial charge in [0.25, 0.3) is 0 Å². The second kappa shape index (κ2) is 6.75. The lowest BCUT2D eigenvalue weighted by molar-refractivity contribution is 0.508. The van der Waals surface area contributed by atoms with Gasteiger partial charge in [0.15, 0.2) is 0 Å². The number of hydrogen-bond donors (Lipinski definition) is 1. The number of rotatable bonds is 3. The molecule has 1 unspecified atom stereocenters. The van der Waals surface area contributed by atoms with Crippen LogP contribution in [0.2, 0.25) is 0 Å². The van der Waals surface area contributed by atoms with Crippen molar-refractivity contribution in [3.63, 3.8) is 0 Å². The first kappa shape index (κ1) is 14.8. The van der Waals surface area contributed by atoms with Gasteiger partial charge < -0.3 is 10.2 Å². The van der Waals surface area contributed by atoms with Gasteiger partial charge in [0.2, 0.25) is 0 Å². The maximum atomic E-state index is 4.26. The van der Waals surface area contributed by atoms with Crippen LogP contribution in [-0.2, 0) is 0 Å². The third kappa shape index (κ3) is 3.37. The monoisotopic (exact) mass is 293 g/mol. The van der Waals surface area contributed by atoms with E-state index >= 15 is 0 Å². The van der Waals surface area contributed by atoms with Crippen LogP contribution in [0.3, 0.4) is 0 Å². The van der Waals surface area contributed by atoms with Gasteiger partial charge in [-0.3, -0.25) is 4.98 Å². The van der Waals surface area contributed by atoms with Crippen molar-refractivity contribution in [3.8, 4) is 0 Å². The number of nitrogens with zero attached hydrogens (tertiary/aromatic N) is 2. The Balaban J connectivity index is 1.86. The predicted molar refractivity (Wildman–Crippen MR) is 93.0 cm³/mol. The molecule has 1 N–H and O–H groups in total. The molecule has 0 spiro atoms.